The van der Waals surface area contributed by atoms with Crippen molar-refractivity contribution < 1.29 is 27.5 Å². The van der Waals surface area contributed by atoms with E-state index in [9.17, 15) is 22.8 Å². The van der Waals surface area contributed by atoms with Crippen LogP contribution >= 0.6 is 12.6 Å². The summed E-state index contributed by atoms with van der Waals surface area (Å²) in [6, 6.07) is 9.69. The molecule has 2 aromatic carbocycles. The Morgan fingerprint density at radius 3 is 2.74 bits per heavy atom. The standard InChI is InChI=1S/C27H23F3N4O3S/c28-27(29,30)21-3-1-2-4-22(21)32-26(36)34-11-8-19-16(9-12-38)13-18(14-17(19)15-34)37-23-7-10-31-25-20(23)5-6-24(35)33-25/h1-4,7,9-10,12-14,38H,5-6,8,11,15H2,(H,32,36)(H,31,33,35)/b12-9-. The zero-order valence-electron chi connectivity index (χ0n) is 20.0. The van der Waals surface area contributed by atoms with Gasteiger partial charge < -0.3 is 20.3 Å². The normalized spacial score (nSPS) is 15.1. The lowest BCUT2D eigenvalue weighted by Gasteiger charge is -2.31. The van der Waals surface area contributed by atoms with E-state index in [1.54, 1.807) is 17.7 Å². The predicted molar refractivity (Wildman–Crippen MR) is 140 cm³/mol. The van der Waals surface area contributed by atoms with Gasteiger partial charge in [-0.2, -0.15) is 25.8 Å². The molecule has 2 N–H and O–H groups in total. The lowest BCUT2D eigenvalue weighted by Crippen LogP contribution is -2.39. The summed E-state index contributed by atoms with van der Waals surface area (Å²) in [5, 5.41) is 6.77. The molecular formula is C27H23F3N4O3S. The molecule has 38 heavy (non-hydrogen) atoms. The van der Waals surface area contributed by atoms with Gasteiger partial charge in [-0.3, -0.25) is 4.79 Å². The van der Waals surface area contributed by atoms with Crippen LogP contribution < -0.4 is 15.4 Å². The fraction of sp³-hybridized carbons (Fsp3) is 0.222. The van der Waals surface area contributed by atoms with Crippen molar-refractivity contribution in [1.82, 2.24) is 9.88 Å². The second-order valence-corrected chi connectivity index (χ2v) is 9.20. The first-order chi connectivity index (χ1) is 18.2. The lowest BCUT2D eigenvalue weighted by atomic mass is 9.94. The summed E-state index contributed by atoms with van der Waals surface area (Å²) < 4.78 is 46.4. The van der Waals surface area contributed by atoms with Crippen LogP contribution in [0.25, 0.3) is 6.08 Å². The summed E-state index contributed by atoms with van der Waals surface area (Å²) in [5.74, 6) is 1.44. The van der Waals surface area contributed by atoms with E-state index in [1.807, 2.05) is 18.2 Å². The highest BCUT2D eigenvalue weighted by Crippen LogP contribution is 2.37. The molecule has 0 radical (unpaired) electrons. The van der Waals surface area contributed by atoms with Gasteiger partial charge in [0.25, 0.3) is 0 Å². The molecule has 0 saturated carbocycles. The minimum absolute atomic E-state index is 0.103. The lowest BCUT2D eigenvalue weighted by molar-refractivity contribution is -0.136. The molecular weight excluding hydrogens is 517 g/mol. The summed E-state index contributed by atoms with van der Waals surface area (Å²) in [4.78, 5) is 30.4. The number of para-hydroxylation sites is 1. The van der Waals surface area contributed by atoms with E-state index in [4.69, 9.17) is 4.74 Å². The summed E-state index contributed by atoms with van der Waals surface area (Å²) in [6.07, 6.45) is 0.117. The van der Waals surface area contributed by atoms with Crippen molar-refractivity contribution >= 4 is 42.1 Å². The summed E-state index contributed by atoms with van der Waals surface area (Å²) in [6.45, 7) is 0.517. The van der Waals surface area contributed by atoms with Gasteiger partial charge in [-0.15, -0.1) is 0 Å². The molecule has 1 aromatic heterocycles. The monoisotopic (exact) mass is 540 g/mol. The van der Waals surface area contributed by atoms with E-state index < -0.39 is 17.8 Å². The highest BCUT2D eigenvalue weighted by molar-refractivity contribution is 7.83. The maximum Gasteiger partial charge on any atom is 0.418 e. The number of alkyl halides is 3. The van der Waals surface area contributed by atoms with E-state index in [0.717, 1.165) is 28.3 Å². The van der Waals surface area contributed by atoms with Crippen molar-refractivity contribution in [3.63, 3.8) is 0 Å². The number of amides is 3. The molecule has 0 atom stereocenters. The van der Waals surface area contributed by atoms with Gasteiger partial charge in [0, 0.05) is 31.3 Å². The molecule has 2 aliphatic rings. The molecule has 11 heteroatoms. The molecule has 3 heterocycles. The number of rotatable bonds is 4. The number of fused-ring (bicyclic) bond motifs is 2. The first kappa shape index (κ1) is 25.7. The number of carbonyl (C=O) groups excluding carboxylic acids is 2. The second kappa shape index (κ2) is 10.4. The smallest absolute Gasteiger partial charge is 0.418 e. The van der Waals surface area contributed by atoms with Crippen LogP contribution in [-0.2, 0) is 30.4 Å². The third-order valence-corrected chi connectivity index (χ3v) is 6.61. The molecule has 196 valence electrons. The molecule has 0 bridgehead atoms. The highest BCUT2D eigenvalue weighted by Gasteiger charge is 2.34. The topological polar surface area (TPSA) is 83.6 Å². The molecule has 5 rings (SSSR count). The minimum Gasteiger partial charge on any atom is -0.457 e. The van der Waals surface area contributed by atoms with Gasteiger partial charge in [-0.05, 0) is 71.3 Å². The number of hydrogen-bond acceptors (Lipinski definition) is 5. The molecule has 0 fully saturated rings. The van der Waals surface area contributed by atoms with Gasteiger partial charge in [0.15, 0.2) is 0 Å². The van der Waals surface area contributed by atoms with E-state index >= 15 is 0 Å². The Hall–Kier alpha value is -3.99. The van der Waals surface area contributed by atoms with Crippen LogP contribution in [0.1, 0.15) is 34.2 Å². The quantitative estimate of drug-likeness (QED) is 0.341. The molecule has 0 unspecified atom stereocenters. The molecule has 3 amide bonds. The van der Waals surface area contributed by atoms with Crippen LogP contribution in [0.2, 0.25) is 0 Å². The van der Waals surface area contributed by atoms with Crippen LogP contribution in [0.3, 0.4) is 0 Å². The van der Waals surface area contributed by atoms with E-state index in [2.05, 4.69) is 28.2 Å². The van der Waals surface area contributed by atoms with Crippen molar-refractivity contribution in [1.29, 1.82) is 0 Å². The largest absolute Gasteiger partial charge is 0.457 e. The number of urea groups is 1. The molecule has 0 aliphatic carbocycles. The van der Waals surface area contributed by atoms with Crippen molar-refractivity contribution in [2.24, 2.45) is 0 Å². The van der Waals surface area contributed by atoms with Gasteiger partial charge >= 0.3 is 12.2 Å². The van der Waals surface area contributed by atoms with Gasteiger partial charge in [0.2, 0.25) is 5.91 Å². The Kier molecular flexibility index (Phi) is 7.02. The number of halogens is 3. The van der Waals surface area contributed by atoms with Gasteiger partial charge in [0.05, 0.1) is 11.3 Å². The third kappa shape index (κ3) is 5.33. The summed E-state index contributed by atoms with van der Waals surface area (Å²) >= 11 is 4.21. The van der Waals surface area contributed by atoms with Crippen LogP contribution in [-0.4, -0.2) is 28.4 Å². The Bertz CT molecular complexity index is 1440. The Morgan fingerprint density at radius 1 is 1.13 bits per heavy atom. The highest BCUT2D eigenvalue weighted by atomic mass is 32.1. The first-order valence-corrected chi connectivity index (χ1v) is 12.4. The Morgan fingerprint density at radius 2 is 1.95 bits per heavy atom. The van der Waals surface area contributed by atoms with Crippen LogP contribution in [0, 0.1) is 0 Å². The van der Waals surface area contributed by atoms with Gasteiger partial charge in [0.1, 0.15) is 17.3 Å². The Balaban J connectivity index is 1.41. The number of carbonyl (C=O) groups is 2. The molecule has 0 spiro atoms. The number of benzene rings is 2. The van der Waals surface area contributed by atoms with Crippen LogP contribution in [0.5, 0.6) is 11.5 Å². The van der Waals surface area contributed by atoms with Crippen molar-refractivity contribution in [2.45, 2.75) is 32.0 Å². The van der Waals surface area contributed by atoms with Crippen molar-refractivity contribution in [3.05, 3.63) is 81.9 Å². The fourth-order valence-electron chi connectivity index (χ4n) is 4.68. The molecule has 2 aliphatic heterocycles. The number of aromatic nitrogens is 1. The third-order valence-electron chi connectivity index (χ3n) is 6.46. The zero-order chi connectivity index (χ0) is 26.9. The summed E-state index contributed by atoms with van der Waals surface area (Å²) in [5.41, 5.74) is 2.28. The van der Waals surface area contributed by atoms with E-state index in [0.29, 0.717) is 43.1 Å². The first-order valence-electron chi connectivity index (χ1n) is 11.9. The molecule has 0 saturated heterocycles. The minimum atomic E-state index is -4.59. The molecule has 7 nitrogen and oxygen atoms in total. The number of hydrogen-bond donors (Lipinski definition) is 3. The zero-order valence-corrected chi connectivity index (χ0v) is 20.9. The van der Waals surface area contributed by atoms with Crippen molar-refractivity contribution in [2.75, 3.05) is 17.2 Å². The average Bonchev–Trinajstić information content (AvgIpc) is 2.88. The van der Waals surface area contributed by atoms with E-state index in [1.165, 1.54) is 23.1 Å². The number of pyridine rings is 1. The SMILES string of the molecule is O=C1CCc2c(Oc3cc(/C=C\S)c4c(c3)CN(C(=O)Nc3ccccc3C(F)(F)F)CC4)ccnc2N1. The number of nitrogens with one attached hydrogen (secondary N) is 2. The maximum absolute atomic E-state index is 13.4. The van der Waals surface area contributed by atoms with Crippen LogP contribution in [0.4, 0.5) is 29.5 Å². The molecule has 3 aromatic rings. The number of ether oxygens (including phenoxy) is 1. The Labute approximate surface area is 222 Å². The van der Waals surface area contributed by atoms with Crippen LogP contribution in [0.15, 0.2) is 54.1 Å². The van der Waals surface area contributed by atoms with E-state index in [-0.39, 0.29) is 18.1 Å². The average molecular weight is 541 g/mol. The number of thiol groups is 1. The maximum atomic E-state index is 13.4. The van der Waals surface area contributed by atoms with Crippen molar-refractivity contribution in [3.8, 4) is 11.5 Å². The number of anilines is 2. The van der Waals surface area contributed by atoms with Gasteiger partial charge in [-0.25, -0.2) is 9.78 Å². The number of nitrogens with zero attached hydrogens (tertiary/aromatic N) is 2. The van der Waals surface area contributed by atoms with Gasteiger partial charge in [-0.1, -0.05) is 12.1 Å². The second-order valence-electron chi connectivity index (χ2n) is 8.90. The summed E-state index contributed by atoms with van der Waals surface area (Å²) in [7, 11) is 0. The predicted octanol–water partition coefficient (Wildman–Crippen LogP) is 6.27. The fourth-order valence-corrected chi connectivity index (χ4v) is 4.84.